The highest BCUT2D eigenvalue weighted by molar-refractivity contribution is 6.31. The summed E-state index contributed by atoms with van der Waals surface area (Å²) in [5.74, 6) is -0.195. The standard InChI is InChI=1S/C24H21ClFN7O/c1-12-10-33(11-12)20-6-18(25)22(26)21(16(20)7-27)23-17(9-29-32(23)2)13-3-4-14-15(5-13)19(8-28)30-31-24(14)34/h3-6,9,12H,8,10-11,28H2,1-2H3,(H,31,34). The van der Waals surface area contributed by atoms with Crippen molar-refractivity contribution in [3.8, 4) is 28.5 Å². The molecule has 0 spiro atoms. The minimum atomic E-state index is -0.679. The third-order valence-electron chi connectivity index (χ3n) is 6.26. The van der Waals surface area contributed by atoms with Crippen molar-refractivity contribution in [2.75, 3.05) is 18.0 Å². The Balaban J connectivity index is 1.76. The Labute approximate surface area is 199 Å². The first-order chi connectivity index (χ1) is 16.3. The minimum absolute atomic E-state index is 0.0598. The summed E-state index contributed by atoms with van der Waals surface area (Å²) in [6.45, 7) is 3.78. The molecule has 0 atom stereocenters. The molecular weight excluding hydrogens is 457 g/mol. The van der Waals surface area contributed by atoms with E-state index in [1.165, 1.54) is 10.7 Å². The molecule has 0 aliphatic carbocycles. The minimum Gasteiger partial charge on any atom is -0.370 e. The molecule has 8 nitrogen and oxygen atoms in total. The van der Waals surface area contributed by atoms with E-state index in [1.54, 1.807) is 31.4 Å². The number of nitrogens with zero attached hydrogens (tertiary/aromatic N) is 5. The van der Waals surface area contributed by atoms with E-state index >= 15 is 4.39 Å². The Hall–Kier alpha value is -3.74. The number of hydrogen-bond donors (Lipinski definition) is 2. The molecule has 10 heteroatoms. The van der Waals surface area contributed by atoms with Crippen molar-refractivity contribution in [2.45, 2.75) is 13.5 Å². The maximum Gasteiger partial charge on any atom is 0.272 e. The van der Waals surface area contributed by atoms with Crippen molar-refractivity contribution in [3.05, 3.63) is 62.9 Å². The van der Waals surface area contributed by atoms with E-state index in [2.05, 4.69) is 28.3 Å². The summed E-state index contributed by atoms with van der Waals surface area (Å²) < 4.78 is 17.1. The molecule has 1 aliphatic heterocycles. The molecule has 0 unspecified atom stereocenters. The van der Waals surface area contributed by atoms with Crippen LogP contribution in [0.4, 0.5) is 10.1 Å². The number of benzene rings is 2. The first kappa shape index (κ1) is 22.1. The van der Waals surface area contributed by atoms with Gasteiger partial charge < -0.3 is 10.6 Å². The van der Waals surface area contributed by atoms with Gasteiger partial charge in [-0.3, -0.25) is 9.48 Å². The highest BCUT2D eigenvalue weighted by Gasteiger charge is 2.30. The van der Waals surface area contributed by atoms with Gasteiger partial charge in [-0.1, -0.05) is 24.6 Å². The molecular formula is C24H21ClFN7O. The molecule has 172 valence electrons. The number of nitrogens with one attached hydrogen (secondary N) is 1. The summed E-state index contributed by atoms with van der Waals surface area (Å²) in [5.41, 5.74) is 8.62. The number of hydrogen-bond acceptors (Lipinski definition) is 6. The Kier molecular flexibility index (Phi) is 5.35. The second-order valence-corrected chi connectivity index (χ2v) is 8.97. The van der Waals surface area contributed by atoms with Gasteiger partial charge in [0.1, 0.15) is 6.07 Å². The Morgan fingerprint density at radius 2 is 2.09 bits per heavy atom. The van der Waals surface area contributed by atoms with Crippen LogP contribution in [0.1, 0.15) is 18.2 Å². The lowest BCUT2D eigenvalue weighted by Crippen LogP contribution is -2.45. The van der Waals surface area contributed by atoms with Crippen LogP contribution in [0.3, 0.4) is 0 Å². The molecule has 4 aromatic rings. The highest BCUT2D eigenvalue weighted by atomic mass is 35.5. The molecule has 0 radical (unpaired) electrons. The predicted octanol–water partition coefficient (Wildman–Crippen LogP) is 3.57. The van der Waals surface area contributed by atoms with Crippen molar-refractivity contribution in [2.24, 2.45) is 18.7 Å². The number of H-pyrrole nitrogens is 1. The number of halogens is 2. The van der Waals surface area contributed by atoms with E-state index in [4.69, 9.17) is 17.3 Å². The number of nitriles is 1. The van der Waals surface area contributed by atoms with Crippen LogP contribution in [0.25, 0.3) is 33.2 Å². The van der Waals surface area contributed by atoms with Crippen LogP contribution in [0, 0.1) is 23.1 Å². The number of fused-ring (bicyclic) bond motifs is 1. The van der Waals surface area contributed by atoms with Gasteiger partial charge >= 0.3 is 0 Å². The first-order valence-electron chi connectivity index (χ1n) is 10.7. The quantitative estimate of drug-likeness (QED) is 0.464. The van der Waals surface area contributed by atoms with Gasteiger partial charge in [0.15, 0.2) is 5.82 Å². The fourth-order valence-electron chi connectivity index (χ4n) is 4.58. The van der Waals surface area contributed by atoms with E-state index < -0.39 is 5.82 Å². The van der Waals surface area contributed by atoms with E-state index in [-0.39, 0.29) is 28.3 Å². The van der Waals surface area contributed by atoms with Gasteiger partial charge in [-0.2, -0.15) is 15.5 Å². The molecule has 1 aliphatic rings. The van der Waals surface area contributed by atoms with Gasteiger partial charge in [-0.15, -0.1) is 0 Å². The number of nitrogens with two attached hydrogens (primary N) is 1. The van der Waals surface area contributed by atoms with Gasteiger partial charge in [0.25, 0.3) is 5.56 Å². The van der Waals surface area contributed by atoms with Gasteiger partial charge in [-0.25, -0.2) is 9.49 Å². The summed E-state index contributed by atoms with van der Waals surface area (Å²) in [7, 11) is 1.68. The van der Waals surface area contributed by atoms with Crippen LogP contribution >= 0.6 is 11.6 Å². The van der Waals surface area contributed by atoms with Crippen LogP contribution in [0.2, 0.25) is 5.02 Å². The predicted molar refractivity (Wildman–Crippen MR) is 129 cm³/mol. The molecule has 1 fully saturated rings. The lowest BCUT2D eigenvalue weighted by Gasteiger charge is -2.40. The molecule has 2 aromatic carbocycles. The highest BCUT2D eigenvalue weighted by Crippen LogP contribution is 2.43. The van der Waals surface area contributed by atoms with Crippen LogP contribution in [0.15, 0.2) is 35.3 Å². The average Bonchev–Trinajstić information content (AvgIpc) is 3.19. The first-order valence-corrected chi connectivity index (χ1v) is 11.1. The number of aromatic amines is 1. The van der Waals surface area contributed by atoms with Crippen LogP contribution in [0.5, 0.6) is 0 Å². The van der Waals surface area contributed by atoms with Crippen molar-refractivity contribution < 1.29 is 4.39 Å². The van der Waals surface area contributed by atoms with Crippen molar-refractivity contribution in [1.82, 2.24) is 20.0 Å². The fraction of sp³-hybridized carbons (Fsp3) is 0.250. The monoisotopic (exact) mass is 477 g/mol. The van der Waals surface area contributed by atoms with Crippen LogP contribution < -0.4 is 16.2 Å². The van der Waals surface area contributed by atoms with Gasteiger partial charge in [0, 0.05) is 37.6 Å². The molecule has 0 saturated carbocycles. The Morgan fingerprint density at radius 3 is 2.76 bits per heavy atom. The normalized spacial score (nSPS) is 13.8. The maximum atomic E-state index is 15.5. The average molecular weight is 478 g/mol. The van der Waals surface area contributed by atoms with E-state index in [0.29, 0.717) is 44.9 Å². The summed E-state index contributed by atoms with van der Waals surface area (Å²) in [4.78, 5) is 14.3. The Bertz CT molecular complexity index is 1550. The molecule has 0 amide bonds. The Morgan fingerprint density at radius 1 is 1.32 bits per heavy atom. The van der Waals surface area contributed by atoms with Crippen LogP contribution in [-0.2, 0) is 13.6 Å². The second-order valence-electron chi connectivity index (χ2n) is 8.56. The third kappa shape index (κ3) is 3.34. The lowest BCUT2D eigenvalue weighted by atomic mass is 9.93. The molecule has 1 saturated heterocycles. The van der Waals surface area contributed by atoms with Crippen molar-refractivity contribution in [1.29, 1.82) is 5.26 Å². The van der Waals surface area contributed by atoms with Crippen molar-refractivity contribution in [3.63, 3.8) is 0 Å². The lowest BCUT2D eigenvalue weighted by molar-refractivity contribution is 0.447. The SMILES string of the molecule is CC1CN(c2cc(Cl)c(F)c(-c3c(-c4ccc5c(=O)[nH]nc(CN)c5c4)cnn3C)c2C#N)C1. The third-order valence-corrected chi connectivity index (χ3v) is 6.54. The van der Waals surface area contributed by atoms with Crippen LogP contribution in [-0.4, -0.2) is 33.1 Å². The van der Waals surface area contributed by atoms with Gasteiger partial charge in [0.2, 0.25) is 0 Å². The number of aromatic nitrogens is 4. The molecule has 2 aromatic heterocycles. The largest absolute Gasteiger partial charge is 0.370 e. The summed E-state index contributed by atoms with van der Waals surface area (Å²) in [6.07, 6.45) is 1.60. The number of rotatable bonds is 4. The van der Waals surface area contributed by atoms with Crippen molar-refractivity contribution >= 4 is 28.1 Å². The fourth-order valence-corrected chi connectivity index (χ4v) is 4.78. The maximum absolute atomic E-state index is 15.5. The second kappa shape index (κ2) is 8.24. The zero-order valence-electron chi connectivity index (χ0n) is 18.6. The zero-order valence-corrected chi connectivity index (χ0v) is 19.3. The smallest absolute Gasteiger partial charge is 0.272 e. The molecule has 3 N–H and O–H groups in total. The summed E-state index contributed by atoms with van der Waals surface area (Å²) in [6, 6.07) is 8.92. The number of aryl methyl sites for hydroxylation is 1. The van der Waals surface area contributed by atoms with E-state index in [1.807, 2.05) is 4.90 Å². The molecule has 3 heterocycles. The summed E-state index contributed by atoms with van der Waals surface area (Å²) >= 11 is 6.31. The number of anilines is 1. The molecule has 34 heavy (non-hydrogen) atoms. The van der Waals surface area contributed by atoms with E-state index in [9.17, 15) is 10.1 Å². The van der Waals surface area contributed by atoms with E-state index in [0.717, 1.165) is 13.1 Å². The zero-order chi connectivity index (χ0) is 24.1. The molecule has 0 bridgehead atoms. The van der Waals surface area contributed by atoms with Gasteiger partial charge in [0.05, 0.1) is 44.8 Å². The van der Waals surface area contributed by atoms with Gasteiger partial charge in [-0.05, 0) is 29.7 Å². The topological polar surface area (TPSA) is 117 Å². The molecule has 5 rings (SSSR count). The summed E-state index contributed by atoms with van der Waals surface area (Å²) in [5, 5.41) is 21.9.